The molecule has 0 bridgehead atoms. The molecule has 37 heavy (non-hydrogen) atoms. The number of piperidine rings is 1. The van der Waals surface area contributed by atoms with Crippen molar-refractivity contribution in [2.24, 2.45) is 13.0 Å². The van der Waals surface area contributed by atoms with Crippen LogP contribution in [0, 0.1) is 5.92 Å². The van der Waals surface area contributed by atoms with Crippen molar-refractivity contribution in [3.8, 4) is 5.75 Å². The molecule has 0 saturated carbocycles. The zero-order valence-corrected chi connectivity index (χ0v) is 21.3. The number of aliphatic carboxylic acids is 1. The Kier molecular flexibility index (Phi) is 8.12. The van der Waals surface area contributed by atoms with Gasteiger partial charge in [0.05, 0.1) is 24.7 Å². The highest BCUT2D eigenvalue weighted by atomic mass is 35.5. The fourth-order valence-electron chi connectivity index (χ4n) is 4.38. The normalized spacial score (nSPS) is 15.4. The van der Waals surface area contributed by atoms with Gasteiger partial charge in [0.15, 0.2) is 18.2 Å². The average Bonchev–Trinajstić information content (AvgIpc) is 2.87. The Balaban J connectivity index is 1.55. The molecular formula is C25H28ClN5O6. The van der Waals surface area contributed by atoms with E-state index in [2.05, 4.69) is 15.3 Å². The van der Waals surface area contributed by atoms with Crippen molar-refractivity contribution in [2.75, 3.05) is 36.5 Å². The number of carbonyl (C=O) groups excluding carboxylic acids is 1. The van der Waals surface area contributed by atoms with Crippen LogP contribution in [0.5, 0.6) is 5.75 Å². The molecule has 1 aliphatic rings. The number of ether oxygens (including phenoxy) is 2. The highest BCUT2D eigenvalue weighted by molar-refractivity contribution is 6.32. The lowest BCUT2D eigenvalue weighted by molar-refractivity contribution is -0.144. The molecule has 0 aliphatic carbocycles. The lowest BCUT2D eigenvalue weighted by atomic mass is 9.95. The number of pyridine rings is 1. The number of carbonyl (C=O) groups is 2. The third-order valence-corrected chi connectivity index (χ3v) is 6.38. The quantitative estimate of drug-likeness (QED) is 0.397. The highest BCUT2D eigenvalue weighted by Crippen LogP contribution is 2.29. The second kappa shape index (κ2) is 11.5. The Bertz CT molecular complexity index is 1380. The van der Waals surface area contributed by atoms with Gasteiger partial charge in [-0.1, -0.05) is 11.6 Å². The number of nitrogens with zero attached hydrogens (tertiary/aromatic N) is 4. The van der Waals surface area contributed by atoms with E-state index in [1.54, 1.807) is 32.2 Å². The number of rotatable bonds is 9. The number of nitrogens with one attached hydrogen (secondary N) is 1. The molecule has 2 N–H and O–H groups in total. The second-order valence-corrected chi connectivity index (χ2v) is 9.19. The molecule has 1 unspecified atom stereocenters. The van der Waals surface area contributed by atoms with E-state index in [1.165, 1.54) is 16.8 Å². The number of benzene rings is 1. The lowest BCUT2D eigenvalue weighted by Crippen LogP contribution is -2.37. The van der Waals surface area contributed by atoms with Crippen LogP contribution in [0.1, 0.15) is 26.2 Å². The Morgan fingerprint density at radius 3 is 2.86 bits per heavy atom. The maximum atomic E-state index is 12.5. The smallest absolute Gasteiger partial charge is 0.341 e. The predicted octanol–water partition coefficient (Wildman–Crippen LogP) is 3.36. The van der Waals surface area contributed by atoms with Crippen molar-refractivity contribution >= 4 is 51.9 Å². The van der Waals surface area contributed by atoms with Gasteiger partial charge in [-0.25, -0.2) is 9.78 Å². The fraction of sp³-hybridized carbons (Fsp3) is 0.400. The Hall–Kier alpha value is -3.86. The summed E-state index contributed by atoms with van der Waals surface area (Å²) in [6.07, 6.45) is 3.74. The molecule has 0 amide bonds. The standard InChI is InChI=1S/C25H28ClN5O6/c1-3-36-22(34)9-15-5-4-8-31(13-15)25-27-12-18(26)23(29-25)28-17-6-7-19-16(10-17)11-20(24(35)30(19)2)37-14-21(32)33/h6-7,10-12,15H,3-5,8-9,13-14H2,1-2H3,(H,32,33)(H,27,28,29). The van der Waals surface area contributed by atoms with E-state index in [-0.39, 0.29) is 17.6 Å². The Morgan fingerprint density at radius 2 is 2.11 bits per heavy atom. The molecule has 3 heterocycles. The average molecular weight is 530 g/mol. The van der Waals surface area contributed by atoms with Crippen molar-refractivity contribution in [2.45, 2.75) is 26.2 Å². The van der Waals surface area contributed by atoms with Crippen LogP contribution >= 0.6 is 11.6 Å². The number of fused-ring (bicyclic) bond motifs is 1. The molecule has 1 atom stereocenters. The van der Waals surface area contributed by atoms with Gasteiger partial charge < -0.3 is 29.4 Å². The van der Waals surface area contributed by atoms with E-state index in [4.69, 9.17) is 26.2 Å². The minimum Gasteiger partial charge on any atom is -0.479 e. The number of hydrogen-bond acceptors (Lipinski definition) is 9. The van der Waals surface area contributed by atoms with Gasteiger partial charge in [-0.05, 0) is 49.9 Å². The predicted molar refractivity (Wildman–Crippen MR) is 139 cm³/mol. The lowest BCUT2D eigenvalue weighted by Gasteiger charge is -2.32. The number of aromatic nitrogens is 3. The van der Waals surface area contributed by atoms with Crippen LogP contribution in [-0.2, 0) is 21.4 Å². The first kappa shape index (κ1) is 26.2. The molecule has 0 radical (unpaired) electrons. The van der Waals surface area contributed by atoms with Gasteiger partial charge in [-0.3, -0.25) is 9.59 Å². The first-order valence-corrected chi connectivity index (χ1v) is 12.3. The van der Waals surface area contributed by atoms with Gasteiger partial charge in [0, 0.05) is 31.2 Å². The van der Waals surface area contributed by atoms with Gasteiger partial charge >= 0.3 is 11.9 Å². The fourth-order valence-corrected chi connectivity index (χ4v) is 4.52. The molecular weight excluding hydrogens is 502 g/mol. The van der Waals surface area contributed by atoms with E-state index in [0.29, 0.717) is 53.0 Å². The van der Waals surface area contributed by atoms with Crippen LogP contribution < -0.4 is 20.5 Å². The number of aryl methyl sites for hydroxylation is 1. The maximum Gasteiger partial charge on any atom is 0.341 e. The largest absolute Gasteiger partial charge is 0.479 e. The van der Waals surface area contributed by atoms with Crippen molar-refractivity contribution in [1.82, 2.24) is 14.5 Å². The van der Waals surface area contributed by atoms with Crippen LogP contribution in [-0.4, -0.2) is 57.9 Å². The van der Waals surface area contributed by atoms with E-state index in [0.717, 1.165) is 19.4 Å². The summed E-state index contributed by atoms with van der Waals surface area (Å²) in [5.74, 6) is -0.349. The number of hydrogen-bond donors (Lipinski definition) is 2. The van der Waals surface area contributed by atoms with Gasteiger partial charge in [-0.15, -0.1) is 0 Å². The van der Waals surface area contributed by atoms with Crippen molar-refractivity contribution in [3.63, 3.8) is 0 Å². The van der Waals surface area contributed by atoms with Crippen LogP contribution in [0.3, 0.4) is 0 Å². The summed E-state index contributed by atoms with van der Waals surface area (Å²) >= 11 is 6.39. The Morgan fingerprint density at radius 1 is 1.30 bits per heavy atom. The summed E-state index contributed by atoms with van der Waals surface area (Å²) in [7, 11) is 1.59. The molecule has 3 aromatic rings. The third kappa shape index (κ3) is 6.29. The number of anilines is 3. The first-order valence-electron chi connectivity index (χ1n) is 11.9. The van der Waals surface area contributed by atoms with Gasteiger partial charge in [0.25, 0.3) is 5.56 Å². The molecule has 1 fully saturated rings. The van der Waals surface area contributed by atoms with Crippen LogP contribution in [0.25, 0.3) is 10.9 Å². The topological polar surface area (TPSA) is 136 Å². The summed E-state index contributed by atoms with van der Waals surface area (Å²) in [5.41, 5.74) is 0.870. The molecule has 196 valence electrons. The zero-order valence-electron chi connectivity index (χ0n) is 20.6. The van der Waals surface area contributed by atoms with Crippen LogP contribution in [0.4, 0.5) is 17.5 Å². The summed E-state index contributed by atoms with van der Waals surface area (Å²) in [6.45, 7) is 2.96. The highest BCUT2D eigenvalue weighted by Gasteiger charge is 2.25. The molecule has 11 nitrogen and oxygen atoms in total. The van der Waals surface area contributed by atoms with E-state index in [9.17, 15) is 14.4 Å². The summed E-state index contributed by atoms with van der Waals surface area (Å²) in [4.78, 5) is 46.3. The van der Waals surface area contributed by atoms with E-state index in [1.807, 2.05) is 4.90 Å². The van der Waals surface area contributed by atoms with Gasteiger partial charge in [0.2, 0.25) is 5.95 Å². The van der Waals surface area contributed by atoms with E-state index >= 15 is 0 Å². The van der Waals surface area contributed by atoms with Gasteiger partial charge in [-0.2, -0.15) is 4.98 Å². The number of carboxylic acids is 1. The van der Waals surface area contributed by atoms with E-state index < -0.39 is 18.1 Å². The molecule has 2 aromatic heterocycles. The Labute approximate surface area is 218 Å². The van der Waals surface area contributed by atoms with Crippen molar-refractivity contribution < 1.29 is 24.2 Å². The minimum absolute atomic E-state index is 0.0561. The number of esters is 1. The summed E-state index contributed by atoms with van der Waals surface area (Å²) in [5, 5.41) is 13.1. The zero-order chi connectivity index (χ0) is 26.5. The summed E-state index contributed by atoms with van der Waals surface area (Å²) < 4.78 is 11.7. The van der Waals surface area contributed by atoms with Crippen LogP contribution in [0.2, 0.25) is 5.02 Å². The monoisotopic (exact) mass is 529 g/mol. The number of halogens is 1. The molecule has 0 spiro atoms. The number of carboxylic acid groups (broad SMARTS) is 1. The molecule has 1 aromatic carbocycles. The molecule has 1 aliphatic heterocycles. The third-order valence-electron chi connectivity index (χ3n) is 6.10. The maximum absolute atomic E-state index is 12.5. The van der Waals surface area contributed by atoms with Crippen LogP contribution in [0.15, 0.2) is 35.3 Å². The molecule has 4 rings (SSSR count). The molecule has 12 heteroatoms. The van der Waals surface area contributed by atoms with Gasteiger partial charge in [0.1, 0.15) is 5.02 Å². The minimum atomic E-state index is -1.17. The summed E-state index contributed by atoms with van der Waals surface area (Å²) in [6, 6.07) is 6.85. The van der Waals surface area contributed by atoms with Crippen molar-refractivity contribution in [1.29, 1.82) is 0 Å². The SMILES string of the molecule is CCOC(=O)CC1CCCN(c2ncc(Cl)c(Nc3ccc4c(c3)cc(OCC(=O)O)c(=O)n4C)n2)C1. The first-order chi connectivity index (χ1) is 17.7. The molecule has 1 saturated heterocycles. The van der Waals surface area contributed by atoms with Crippen molar-refractivity contribution in [3.05, 3.63) is 45.8 Å². The second-order valence-electron chi connectivity index (χ2n) is 8.78.